The van der Waals surface area contributed by atoms with Crippen LogP contribution in [0.1, 0.15) is 40.0 Å². The van der Waals surface area contributed by atoms with Crippen LogP contribution in [0, 0.1) is 0 Å². The molecule has 0 fully saturated rings. The van der Waals surface area contributed by atoms with Crippen molar-refractivity contribution in [2.45, 2.75) is 31.8 Å². The zero-order valence-corrected chi connectivity index (χ0v) is 10.7. The Morgan fingerprint density at radius 3 is 2.94 bits per heavy atom. The van der Waals surface area contributed by atoms with E-state index in [1.165, 1.54) is 36.1 Å². The molecule has 1 atom stereocenters. The second kappa shape index (κ2) is 4.27. The van der Waals surface area contributed by atoms with Crippen LogP contribution in [0.25, 0.3) is 0 Å². The molecule has 90 valence electrons. The molecular weight excluding hydrogens is 232 g/mol. The van der Waals surface area contributed by atoms with Crippen LogP contribution in [0.3, 0.4) is 0 Å². The number of aryl methyl sites for hydroxylation is 3. The summed E-state index contributed by atoms with van der Waals surface area (Å²) in [5, 5.41) is 14.6. The van der Waals surface area contributed by atoms with Crippen molar-refractivity contribution in [3.63, 3.8) is 0 Å². The normalized spacial score (nSPS) is 16.8. The van der Waals surface area contributed by atoms with Gasteiger partial charge in [-0.05, 0) is 43.4 Å². The molecule has 2 aromatic rings. The Labute approximate surface area is 105 Å². The van der Waals surface area contributed by atoms with Crippen molar-refractivity contribution in [2.75, 3.05) is 0 Å². The summed E-state index contributed by atoms with van der Waals surface area (Å²) >= 11 is 1.75. The van der Waals surface area contributed by atoms with E-state index in [-0.39, 0.29) is 0 Å². The first-order valence-electron chi connectivity index (χ1n) is 6.03. The Kier molecular flexibility index (Phi) is 2.76. The molecule has 0 bridgehead atoms. The summed E-state index contributed by atoms with van der Waals surface area (Å²) in [6.07, 6.45) is 6.21. The lowest BCUT2D eigenvalue weighted by molar-refractivity contribution is 0.218. The van der Waals surface area contributed by atoms with Gasteiger partial charge in [0.25, 0.3) is 0 Å². The summed E-state index contributed by atoms with van der Waals surface area (Å²) in [6, 6.07) is 4.04. The largest absolute Gasteiger partial charge is 0.381 e. The van der Waals surface area contributed by atoms with Crippen LogP contribution < -0.4 is 0 Å². The van der Waals surface area contributed by atoms with Crippen molar-refractivity contribution in [1.29, 1.82) is 0 Å². The van der Waals surface area contributed by atoms with E-state index in [2.05, 4.69) is 11.2 Å². The number of fused-ring (bicyclic) bond motifs is 1. The minimum atomic E-state index is -0.563. The van der Waals surface area contributed by atoms with Crippen LogP contribution >= 0.6 is 11.3 Å². The summed E-state index contributed by atoms with van der Waals surface area (Å²) in [6.45, 7) is 0. The van der Waals surface area contributed by atoms with Gasteiger partial charge < -0.3 is 5.11 Å². The third kappa shape index (κ3) is 2.03. The van der Waals surface area contributed by atoms with E-state index in [9.17, 15) is 5.11 Å². The van der Waals surface area contributed by atoms with Gasteiger partial charge in [-0.25, -0.2) is 0 Å². The Bertz CT molecular complexity index is 506. The first kappa shape index (κ1) is 11.0. The molecule has 3 nitrogen and oxygen atoms in total. The Balaban J connectivity index is 1.91. The van der Waals surface area contributed by atoms with E-state index in [0.29, 0.717) is 0 Å². The van der Waals surface area contributed by atoms with Crippen LogP contribution in [0.2, 0.25) is 0 Å². The van der Waals surface area contributed by atoms with Gasteiger partial charge >= 0.3 is 0 Å². The summed E-state index contributed by atoms with van der Waals surface area (Å²) in [4.78, 5) is 2.50. The van der Waals surface area contributed by atoms with Crippen LogP contribution in [-0.4, -0.2) is 14.9 Å². The molecule has 0 radical (unpaired) electrons. The standard InChI is InChI=1S/C13H16N2OS/c1-15-7-6-10(14-15)13(16)12-8-9-4-2-3-5-11(9)17-12/h6-8,13,16H,2-5H2,1H3. The van der Waals surface area contributed by atoms with Crippen molar-refractivity contribution in [3.05, 3.63) is 39.3 Å². The quantitative estimate of drug-likeness (QED) is 0.886. The van der Waals surface area contributed by atoms with Gasteiger partial charge in [0.1, 0.15) is 6.10 Å². The van der Waals surface area contributed by atoms with Crippen molar-refractivity contribution in [2.24, 2.45) is 7.05 Å². The molecule has 1 N–H and O–H groups in total. The zero-order valence-electron chi connectivity index (χ0n) is 9.89. The maximum absolute atomic E-state index is 10.3. The molecule has 0 spiro atoms. The summed E-state index contributed by atoms with van der Waals surface area (Å²) in [5.41, 5.74) is 2.18. The Morgan fingerprint density at radius 1 is 1.41 bits per heavy atom. The molecule has 0 saturated heterocycles. The topological polar surface area (TPSA) is 38.0 Å². The van der Waals surface area contributed by atoms with Gasteiger partial charge in [0.15, 0.2) is 0 Å². The van der Waals surface area contributed by atoms with E-state index >= 15 is 0 Å². The van der Waals surface area contributed by atoms with Crippen LogP contribution in [0.15, 0.2) is 18.3 Å². The molecule has 0 saturated carbocycles. The van der Waals surface area contributed by atoms with Gasteiger partial charge in [-0.3, -0.25) is 4.68 Å². The van der Waals surface area contributed by atoms with Gasteiger partial charge in [0, 0.05) is 23.0 Å². The van der Waals surface area contributed by atoms with E-state index in [4.69, 9.17) is 0 Å². The van der Waals surface area contributed by atoms with Crippen molar-refractivity contribution >= 4 is 11.3 Å². The molecule has 4 heteroatoms. The number of rotatable bonds is 2. The Morgan fingerprint density at radius 2 is 2.24 bits per heavy atom. The maximum Gasteiger partial charge on any atom is 0.132 e. The lowest BCUT2D eigenvalue weighted by Crippen LogP contribution is -1.99. The van der Waals surface area contributed by atoms with E-state index in [1.54, 1.807) is 16.0 Å². The third-order valence-corrected chi connectivity index (χ3v) is 4.59. The highest BCUT2D eigenvalue weighted by Crippen LogP contribution is 2.34. The number of hydrogen-bond acceptors (Lipinski definition) is 3. The minimum Gasteiger partial charge on any atom is -0.381 e. The Hall–Kier alpha value is -1.13. The lowest BCUT2D eigenvalue weighted by atomic mass is 9.99. The molecular formula is C13H16N2OS. The van der Waals surface area contributed by atoms with Crippen LogP contribution in [0.5, 0.6) is 0 Å². The molecule has 17 heavy (non-hydrogen) atoms. The maximum atomic E-state index is 10.3. The average Bonchev–Trinajstić information content (AvgIpc) is 2.93. The van der Waals surface area contributed by atoms with E-state index < -0.39 is 6.10 Å². The lowest BCUT2D eigenvalue weighted by Gasteiger charge is -2.08. The van der Waals surface area contributed by atoms with Gasteiger partial charge in [-0.1, -0.05) is 0 Å². The van der Waals surface area contributed by atoms with Gasteiger partial charge in [-0.2, -0.15) is 5.10 Å². The molecule has 1 aliphatic rings. The molecule has 0 amide bonds. The molecule has 0 aromatic carbocycles. The van der Waals surface area contributed by atoms with Gasteiger partial charge in [-0.15, -0.1) is 11.3 Å². The van der Waals surface area contributed by atoms with Crippen molar-refractivity contribution in [1.82, 2.24) is 9.78 Å². The number of hydrogen-bond donors (Lipinski definition) is 1. The highest BCUT2D eigenvalue weighted by molar-refractivity contribution is 7.12. The zero-order chi connectivity index (χ0) is 11.8. The summed E-state index contributed by atoms with van der Waals surface area (Å²) < 4.78 is 1.73. The highest BCUT2D eigenvalue weighted by Gasteiger charge is 2.20. The number of aliphatic hydroxyl groups is 1. The number of aromatic nitrogens is 2. The molecule has 2 aromatic heterocycles. The molecule has 3 rings (SSSR count). The molecule has 1 unspecified atom stereocenters. The monoisotopic (exact) mass is 248 g/mol. The predicted octanol–water partition coefficient (Wildman–Crippen LogP) is 2.44. The second-order valence-electron chi connectivity index (χ2n) is 4.62. The SMILES string of the molecule is Cn1ccc(C(O)c2cc3c(s2)CCCC3)n1. The average molecular weight is 248 g/mol. The fraction of sp³-hybridized carbons (Fsp3) is 0.462. The number of thiophene rings is 1. The summed E-state index contributed by atoms with van der Waals surface area (Å²) in [5.74, 6) is 0. The first-order valence-corrected chi connectivity index (χ1v) is 6.85. The predicted molar refractivity (Wildman–Crippen MR) is 68.2 cm³/mol. The summed E-state index contributed by atoms with van der Waals surface area (Å²) in [7, 11) is 1.87. The minimum absolute atomic E-state index is 0.563. The van der Waals surface area contributed by atoms with E-state index in [0.717, 1.165) is 10.6 Å². The van der Waals surface area contributed by atoms with Crippen molar-refractivity contribution < 1.29 is 5.11 Å². The van der Waals surface area contributed by atoms with Crippen LogP contribution in [-0.2, 0) is 19.9 Å². The number of aliphatic hydroxyl groups excluding tert-OH is 1. The molecule has 0 aliphatic heterocycles. The third-order valence-electron chi connectivity index (χ3n) is 3.30. The highest BCUT2D eigenvalue weighted by atomic mass is 32.1. The second-order valence-corrected chi connectivity index (χ2v) is 5.79. The van der Waals surface area contributed by atoms with E-state index in [1.807, 2.05) is 19.3 Å². The fourth-order valence-electron chi connectivity index (χ4n) is 2.37. The fourth-order valence-corrected chi connectivity index (χ4v) is 3.63. The van der Waals surface area contributed by atoms with Crippen molar-refractivity contribution in [3.8, 4) is 0 Å². The van der Waals surface area contributed by atoms with Gasteiger partial charge in [0.2, 0.25) is 0 Å². The van der Waals surface area contributed by atoms with Crippen LogP contribution in [0.4, 0.5) is 0 Å². The number of nitrogens with zero attached hydrogens (tertiary/aromatic N) is 2. The molecule has 2 heterocycles. The molecule has 1 aliphatic carbocycles. The smallest absolute Gasteiger partial charge is 0.132 e. The van der Waals surface area contributed by atoms with Gasteiger partial charge in [0.05, 0.1) is 5.69 Å². The first-order chi connectivity index (χ1) is 8.24.